The number of thiophene rings is 1. The molecule has 0 unspecified atom stereocenters. The second kappa shape index (κ2) is 5.40. The van der Waals surface area contributed by atoms with Gasteiger partial charge in [-0.15, -0.1) is 11.3 Å². The number of amides is 1. The first-order valence-electron chi connectivity index (χ1n) is 5.82. The summed E-state index contributed by atoms with van der Waals surface area (Å²) in [7, 11) is 1.66. The van der Waals surface area contributed by atoms with Gasteiger partial charge in [-0.2, -0.15) is 0 Å². The molecule has 1 heterocycles. The fourth-order valence-corrected chi connectivity index (χ4v) is 2.72. The predicted molar refractivity (Wildman–Crippen MR) is 75.7 cm³/mol. The van der Waals surface area contributed by atoms with Gasteiger partial charge in [0.15, 0.2) is 0 Å². The fourth-order valence-electron chi connectivity index (χ4n) is 1.77. The molecule has 0 aliphatic carbocycles. The minimum absolute atomic E-state index is 0.0108. The van der Waals surface area contributed by atoms with Crippen LogP contribution in [0.15, 0.2) is 29.6 Å². The van der Waals surface area contributed by atoms with Gasteiger partial charge in [0.05, 0.1) is 12.1 Å². The van der Waals surface area contributed by atoms with E-state index in [9.17, 15) is 9.18 Å². The number of anilines is 1. The summed E-state index contributed by atoms with van der Waals surface area (Å²) in [6, 6.07) is 6.02. The number of carbonyl (C=O) groups is 1. The molecule has 1 amide bonds. The highest BCUT2D eigenvalue weighted by molar-refractivity contribution is 7.10. The zero-order chi connectivity index (χ0) is 14.0. The largest absolute Gasteiger partial charge is 0.399 e. The maximum Gasteiger partial charge on any atom is 0.256 e. The third kappa shape index (κ3) is 2.93. The number of nitrogen functional groups attached to an aromatic ring is 1. The quantitative estimate of drug-likeness (QED) is 0.877. The molecular formula is C14H15FN2OS. The lowest BCUT2D eigenvalue weighted by Gasteiger charge is -2.17. The number of aryl methyl sites for hydroxylation is 1. The van der Waals surface area contributed by atoms with Crippen LogP contribution >= 0.6 is 11.3 Å². The first-order valence-corrected chi connectivity index (χ1v) is 6.70. The van der Waals surface area contributed by atoms with E-state index < -0.39 is 5.82 Å². The number of rotatable bonds is 3. The van der Waals surface area contributed by atoms with Crippen molar-refractivity contribution in [1.82, 2.24) is 4.90 Å². The Balaban J connectivity index is 2.19. The molecule has 0 atom stereocenters. The molecule has 1 aromatic carbocycles. The van der Waals surface area contributed by atoms with E-state index in [2.05, 4.69) is 0 Å². The van der Waals surface area contributed by atoms with Crippen LogP contribution in [0.2, 0.25) is 0 Å². The zero-order valence-electron chi connectivity index (χ0n) is 10.8. The number of halogens is 1. The Bertz CT molecular complexity index is 609. The van der Waals surface area contributed by atoms with Gasteiger partial charge < -0.3 is 10.6 Å². The van der Waals surface area contributed by atoms with Gasteiger partial charge in [0.1, 0.15) is 5.82 Å². The molecular weight excluding hydrogens is 263 g/mol. The van der Waals surface area contributed by atoms with E-state index in [1.54, 1.807) is 18.4 Å². The van der Waals surface area contributed by atoms with Gasteiger partial charge >= 0.3 is 0 Å². The average Bonchev–Trinajstić information content (AvgIpc) is 2.77. The van der Waals surface area contributed by atoms with Gasteiger partial charge in [0.2, 0.25) is 0 Å². The Labute approximate surface area is 115 Å². The highest BCUT2D eigenvalue weighted by Gasteiger charge is 2.17. The number of hydrogen-bond acceptors (Lipinski definition) is 3. The van der Waals surface area contributed by atoms with Gasteiger partial charge in [-0.05, 0) is 42.1 Å². The van der Waals surface area contributed by atoms with Crippen molar-refractivity contribution >= 4 is 22.9 Å². The van der Waals surface area contributed by atoms with E-state index in [0.717, 1.165) is 10.4 Å². The molecule has 0 aliphatic heterocycles. The van der Waals surface area contributed by atoms with Gasteiger partial charge in [0.25, 0.3) is 5.91 Å². The van der Waals surface area contributed by atoms with Crippen LogP contribution in [0.3, 0.4) is 0 Å². The molecule has 0 aliphatic rings. The number of nitrogens with two attached hydrogens (primary N) is 1. The van der Waals surface area contributed by atoms with E-state index in [-0.39, 0.29) is 11.5 Å². The van der Waals surface area contributed by atoms with Crippen LogP contribution in [0.1, 0.15) is 20.8 Å². The standard InChI is InChI=1S/C14H15FN2OS/c1-9-5-6-19-13(9)8-17(2)14(18)11-7-10(16)3-4-12(11)15/h3-7H,8,16H2,1-2H3. The summed E-state index contributed by atoms with van der Waals surface area (Å²) < 4.78 is 13.6. The first-order chi connectivity index (χ1) is 8.99. The maximum absolute atomic E-state index is 13.6. The zero-order valence-corrected chi connectivity index (χ0v) is 11.6. The number of benzene rings is 1. The maximum atomic E-state index is 13.6. The SMILES string of the molecule is Cc1ccsc1CN(C)C(=O)c1cc(N)ccc1F. The summed E-state index contributed by atoms with van der Waals surface area (Å²) in [5.74, 6) is -0.911. The molecule has 100 valence electrons. The molecule has 0 fully saturated rings. The van der Waals surface area contributed by atoms with Crippen molar-refractivity contribution in [2.45, 2.75) is 13.5 Å². The molecule has 0 radical (unpaired) electrons. The van der Waals surface area contributed by atoms with Gasteiger partial charge in [0, 0.05) is 17.6 Å². The molecule has 3 nitrogen and oxygen atoms in total. The highest BCUT2D eigenvalue weighted by atomic mass is 32.1. The Morgan fingerprint density at radius 2 is 2.16 bits per heavy atom. The summed E-state index contributed by atoms with van der Waals surface area (Å²) in [5.41, 5.74) is 7.12. The van der Waals surface area contributed by atoms with Crippen molar-refractivity contribution in [3.8, 4) is 0 Å². The van der Waals surface area contributed by atoms with Crippen molar-refractivity contribution in [2.75, 3.05) is 12.8 Å². The molecule has 2 aromatic rings. The van der Waals surface area contributed by atoms with Gasteiger partial charge in [-0.1, -0.05) is 0 Å². The lowest BCUT2D eigenvalue weighted by Crippen LogP contribution is -2.27. The smallest absolute Gasteiger partial charge is 0.256 e. The number of hydrogen-bond donors (Lipinski definition) is 1. The van der Waals surface area contributed by atoms with Gasteiger partial charge in [-0.25, -0.2) is 4.39 Å². The summed E-state index contributed by atoms with van der Waals surface area (Å²) in [6.45, 7) is 2.46. The fraction of sp³-hybridized carbons (Fsp3) is 0.214. The third-order valence-corrected chi connectivity index (χ3v) is 3.92. The van der Waals surface area contributed by atoms with Crippen LogP contribution in [0.4, 0.5) is 10.1 Å². The second-order valence-corrected chi connectivity index (χ2v) is 5.43. The van der Waals surface area contributed by atoms with E-state index in [0.29, 0.717) is 12.2 Å². The first kappa shape index (κ1) is 13.5. The highest BCUT2D eigenvalue weighted by Crippen LogP contribution is 2.19. The van der Waals surface area contributed by atoms with Crippen molar-refractivity contribution in [1.29, 1.82) is 0 Å². The van der Waals surface area contributed by atoms with Crippen molar-refractivity contribution in [3.63, 3.8) is 0 Å². The molecule has 0 spiro atoms. The summed E-state index contributed by atoms with van der Waals surface area (Å²) in [4.78, 5) is 14.8. The molecule has 0 saturated heterocycles. The molecule has 0 bridgehead atoms. The van der Waals surface area contributed by atoms with Crippen molar-refractivity contribution in [2.24, 2.45) is 0 Å². The minimum Gasteiger partial charge on any atom is -0.399 e. The van der Waals surface area contributed by atoms with Crippen LogP contribution < -0.4 is 5.73 Å². The monoisotopic (exact) mass is 278 g/mol. The van der Waals surface area contributed by atoms with Crippen LogP contribution in [-0.4, -0.2) is 17.9 Å². The molecule has 1 aromatic heterocycles. The molecule has 19 heavy (non-hydrogen) atoms. The minimum atomic E-state index is -0.547. The average molecular weight is 278 g/mol. The summed E-state index contributed by atoms with van der Waals surface area (Å²) in [6.07, 6.45) is 0. The van der Waals surface area contributed by atoms with Crippen LogP contribution in [0, 0.1) is 12.7 Å². The van der Waals surface area contributed by atoms with Crippen LogP contribution in [0.5, 0.6) is 0 Å². The lowest BCUT2D eigenvalue weighted by molar-refractivity contribution is 0.0781. The predicted octanol–water partition coefficient (Wildman–Crippen LogP) is 3.05. The summed E-state index contributed by atoms with van der Waals surface area (Å²) in [5, 5.41) is 1.98. The van der Waals surface area contributed by atoms with E-state index in [4.69, 9.17) is 5.73 Å². The lowest BCUT2D eigenvalue weighted by atomic mass is 10.1. The van der Waals surface area contributed by atoms with E-state index >= 15 is 0 Å². The van der Waals surface area contributed by atoms with Crippen molar-refractivity contribution in [3.05, 3.63) is 51.5 Å². The molecule has 0 saturated carbocycles. The van der Waals surface area contributed by atoms with E-state index in [1.807, 2.05) is 18.4 Å². The Kier molecular flexibility index (Phi) is 3.85. The van der Waals surface area contributed by atoms with Gasteiger partial charge in [-0.3, -0.25) is 4.79 Å². The Morgan fingerprint density at radius 1 is 1.42 bits per heavy atom. The Hall–Kier alpha value is -1.88. The normalized spacial score (nSPS) is 10.5. The van der Waals surface area contributed by atoms with Crippen molar-refractivity contribution < 1.29 is 9.18 Å². The summed E-state index contributed by atoms with van der Waals surface area (Å²) >= 11 is 1.59. The topological polar surface area (TPSA) is 46.3 Å². The molecule has 2 rings (SSSR count). The van der Waals surface area contributed by atoms with E-state index in [1.165, 1.54) is 23.1 Å². The Morgan fingerprint density at radius 3 is 2.79 bits per heavy atom. The van der Waals surface area contributed by atoms with Crippen LogP contribution in [0.25, 0.3) is 0 Å². The number of carbonyl (C=O) groups excluding carboxylic acids is 1. The van der Waals surface area contributed by atoms with Crippen LogP contribution in [-0.2, 0) is 6.54 Å². The number of nitrogens with zero attached hydrogens (tertiary/aromatic N) is 1. The second-order valence-electron chi connectivity index (χ2n) is 4.43. The molecule has 5 heteroatoms. The third-order valence-electron chi connectivity index (χ3n) is 2.92. The molecule has 2 N–H and O–H groups in total.